The summed E-state index contributed by atoms with van der Waals surface area (Å²) in [5.41, 5.74) is 0. The van der Waals surface area contributed by atoms with Crippen LogP contribution in [0.4, 0.5) is 0 Å². The van der Waals surface area contributed by atoms with Crippen molar-refractivity contribution >= 4 is 23.2 Å². The highest BCUT2D eigenvalue weighted by molar-refractivity contribution is 7.80. The van der Waals surface area contributed by atoms with E-state index < -0.39 is 12.1 Å². The van der Waals surface area contributed by atoms with Crippen molar-refractivity contribution in [2.75, 3.05) is 13.2 Å². The molecule has 0 aliphatic heterocycles. The summed E-state index contributed by atoms with van der Waals surface area (Å²) < 4.78 is 10.8. The molecule has 1 atom stereocenters. The molecule has 0 radical (unpaired) electrons. The number of aliphatic hydroxyl groups is 1. The average Bonchev–Trinajstić information content (AvgIpc) is 2.96. The van der Waals surface area contributed by atoms with Gasteiger partial charge < -0.3 is 14.6 Å². The Morgan fingerprint density at radius 2 is 0.756 bits per heavy atom. The highest BCUT2D eigenvalue weighted by atomic mass is 32.1. The van der Waals surface area contributed by atoms with Crippen molar-refractivity contribution in [3.8, 4) is 0 Å². The Kier molecular flexibility index (Phi) is 33.3. The smallest absolute Gasteiger partial charge is 0.308 e. The van der Waals surface area contributed by atoms with Crippen LogP contribution in [0.1, 0.15) is 200 Å². The molecule has 0 aliphatic rings. The molecule has 0 fully saturated rings. The van der Waals surface area contributed by atoms with Gasteiger partial charge in [-0.2, -0.15) is 0 Å². The van der Waals surface area contributed by atoms with Gasteiger partial charge in [0.05, 0.1) is 19.6 Å². The summed E-state index contributed by atoms with van der Waals surface area (Å²) in [7, 11) is 0. The van der Waals surface area contributed by atoms with Gasteiger partial charge in [0.25, 0.3) is 0 Å². The van der Waals surface area contributed by atoms with Crippen molar-refractivity contribution in [2.45, 2.75) is 206 Å². The molecule has 0 spiro atoms. The van der Waals surface area contributed by atoms with Gasteiger partial charge in [0.2, 0.25) is 0 Å². The molecule has 0 aromatic heterocycles. The van der Waals surface area contributed by atoms with Crippen molar-refractivity contribution in [2.24, 2.45) is 0 Å². The lowest BCUT2D eigenvalue weighted by molar-refractivity contribution is -0.145. The SMILES string of the molecule is CCCCCCCCCCCCCCCCOC(=O)CC(O)C(=S)OCCCCCCCCCCCCCCCC. The number of unbranched alkanes of at least 4 members (excludes halogenated alkanes) is 26. The first kappa shape index (κ1) is 40.3. The van der Waals surface area contributed by atoms with Crippen LogP contribution in [0.25, 0.3) is 0 Å². The zero-order valence-electron chi connectivity index (χ0n) is 27.6. The Labute approximate surface area is 261 Å². The topological polar surface area (TPSA) is 55.8 Å². The van der Waals surface area contributed by atoms with Crippen molar-refractivity contribution in [1.82, 2.24) is 0 Å². The lowest BCUT2D eigenvalue weighted by atomic mass is 10.0. The lowest BCUT2D eigenvalue weighted by Gasteiger charge is -2.13. The number of carbonyl (C=O) groups excluding carboxylic acids is 1. The van der Waals surface area contributed by atoms with E-state index in [1.54, 1.807) is 0 Å². The molecule has 0 saturated heterocycles. The van der Waals surface area contributed by atoms with Crippen LogP contribution in [0.15, 0.2) is 0 Å². The normalized spacial score (nSPS) is 12.0. The minimum absolute atomic E-state index is 0.115. The first-order chi connectivity index (χ1) is 20.1. The second-order valence-electron chi connectivity index (χ2n) is 12.3. The van der Waals surface area contributed by atoms with Crippen LogP contribution in [-0.4, -0.2) is 35.4 Å². The Balaban J connectivity index is 3.40. The number of thiocarbonyl (C=S) groups is 1. The standard InChI is InChI=1S/C36H70O4S/c1-3-5-7-9-11-13-15-17-19-21-23-25-27-29-31-39-35(38)33-34(37)36(41)40-32-30-28-26-24-22-20-18-16-14-12-10-8-6-4-2/h34,37H,3-33H2,1-2H3. The van der Waals surface area contributed by atoms with Gasteiger partial charge in [0.15, 0.2) is 5.05 Å². The Morgan fingerprint density at radius 1 is 0.488 bits per heavy atom. The van der Waals surface area contributed by atoms with E-state index >= 15 is 0 Å². The number of ether oxygens (including phenoxy) is 2. The summed E-state index contributed by atoms with van der Waals surface area (Å²) in [5.74, 6) is -0.394. The molecule has 0 saturated carbocycles. The van der Waals surface area contributed by atoms with Gasteiger partial charge >= 0.3 is 5.97 Å². The summed E-state index contributed by atoms with van der Waals surface area (Å²) in [5, 5.41) is 10.3. The number of hydrogen-bond acceptors (Lipinski definition) is 5. The maximum atomic E-state index is 12.0. The summed E-state index contributed by atoms with van der Waals surface area (Å²) in [4.78, 5) is 12.0. The highest BCUT2D eigenvalue weighted by Gasteiger charge is 2.17. The number of carbonyl (C=O) groups is 1. The molecule has 0 rings (SSSR count). The van der Waals surface area contributed by atoms with Gasteiger partial charge in [0, 0.05) is 0 Å². The average molecular weight is 599 g/mol. The third-order valence-electron chi connectivity index (χ3n) is 8.14. The summed E-state index contributed by atoms with van der Waals surface area (Å²) >= 11 is 5.16. The zero-order valence-corrected chi connectivity index (χ0v) is 28.4. The summed E-state index contributed by atoms with van der Waals surface area (Å²) in [6.45, 7) is 5.49. The molecule has 0 amide bonds. The van der Waals surface area contributed by atoms with E-state index in [1.807, 2.05) is 0 Å². The van der Waals surface area contributed by atoms with Gasteiger partial charge in [0.1, 0.15) is 6.10 Å². The van der Waals surface area contributed by atoms with Gasteiger partial charge in [-0.1, -0.05) is 181 Å². The number of aliphatic hydroxyl groups excluding tert-OH is 1. The second-order valence-corrected chi connectivity index (χ2v) is 12.7. The molecular formula is C36H70O4S. The lowest BCUT2D eigenvalue weighted by Crippen LogP contribution is -2.26. The number of rotatable bonds is 33. The molecule has 4 nitrogen and oxygen atoms in total. The summed E-state index contributed by atoms with van der Waals surface area (Å²) in [6, 6.07) is 0. The Bertz CT molecular complexity index is 554. The molecule has 0 aromatic carbocycles. The number of esters is 1. The summed E-state index contributed by atoms with van der Waals surface area (Å²) in [6.07, 6.45) is 35.5. The number of hydrogen-bond donors (Lipinski definition) is 1. The minimum atomic E-state index is -1.06. The van der Waals surface area contributed by atoms with E-state index in [0.717, 1.165) is 25.7 Å². The van der Waals surface area contributed by atoms with Crippen LogP contribution in [0.2, 0.25) is 0 Å². The van der Waals surface area contributed by atoms with E-state index in [4.69, 9.17) is 21.7 Å². The maximum Gasteiger partial charge on any atom is 0.308 e. The fourth-order valence-electron chi connectivity index (χ4n) is 5.35. The van der Waals surface area contributed by atoms with Crippen molar-refractivity contribution in [3.63, 3.8) is 0 Å². The molecule has 244 valence electrons. The first-order valence-electron chi connectivity index (χ1n) is 18.1. The Hall–Kier alpha value is -0.680. The van der Waals surface area contributed by atoms with Crippen LogP contribution in [0.3, 0.4) is 0 Å². The van der Waals surface area contributed by atoms with E-state index in [-0.39, 0.29) is 11.5 Å². The van der Waals surface area contributed by atoms with Gasteiger partial charge in [-0.05, 0) is 25.1 Å². The molecule has 0 aliphatic carbocycles. The van der Waals surface area contributed by atoms with Crippen LogP contribution in [0.5, 0.6) is 0 Å². The van der Waals surface area contributed by atoms with Crippen LogP contribution in [-0.2, 0) is 14.3 Å². The van der Waals surface area contributed by atoms with Crippen molar-refractivity contribution < 1.29 is 19.4 Å². The third kappa shape index (κ3) is 32.1. The van der Waals surface area contributed by atoms with Crippen molar-refractivity contribution in [3.05, 3.63) is 0 Å². The highest BCUT2D eigenvalue weighted by Crippen LogP contribution is 2.14. The fraction of sp³-hybridized carbons (Fsp3) is 0.944. The van der Waals surface area contributed by atoms with E-state index in [0.29, 0.717) is 13.2 Å². The molecule has 0 bridgehead atoms. The van der Waals surface area contributed by atoms with Crippen LogP contribution in [0, 0.1) is 0 Å². The minimum Gasteiger partial charge on any atom is -0.484 e. The second kappa shape index (κ2) is 33.8. The van der Waals surface area contributed by atoms with E-state index in [2.05, 4.69) is 13.8 Å². The zero-order chi connectivity index (χ0) is 30.1. The molecule has 5 heteroatoms. The predicted octanol–water partition coefficient (Wildman–Crippen LogP) is 11.6. The van der Waals surface area contributed by atoms with Gasteiger partial charge in [-0.25, -0.2) is 0 Å². The van der Waals surface area contributed by atoms with Crippen molar-refractivity contribution in [1.29, 1.82) is 0 Å². The third-order valence-corrected chi connectivity index (χ3v) is 8.53. The molecule has 1 N–H and O–H groups in total. The molecule has 1 unspecified atom stereocenters. The monoisotopic (exact) mass is 598 g/mol. The van der Waals surface area contributed by atoms with Crippen LogP contribution >= 0.6 is 12.2 Å². The largest absolute Gasteiger partial charge is 0.484 e. The molecule has 0 heterocycles. The maximum absolute atomic E-state index is 12.0. The van der Waals surface area contributed by atoms with Crippen LogP contribution < -0.4 is 0 Å². The molecule has 0 aromatic rings. The van der Waals surface area contributed by atoms with E-state index in [1.165, 1.54) is 154 Å². The Morgan fingerprint density at radius 3 is 1.07 bits per heavy atom. The predicted molar refractivity (Wildman–Crippen MR) is 181 cm³/mol. The van der Waals surface area contributed by atoms with Gasteiger partial charge in [-0.3, -0.25) is 4.79 Å². The first-order valence-corrected chi connectivity index (χ1v) is 18.5. The molecule has 41 heavy (non-hydrogen) atoms. The quantitative estimate of drug-likeness (QED) is 0.0462. The fourth-order valence-corrected chi connectivity index (χ4v) is 5.51. The van der Waals surface area contributed by atoms with E-state index in [9.17, 15) is 9.90 Å². The molecular weight excluding hydrogens is 528 g/mol. The van der Waals surface area contributed by atoms with Gasteiger partial charge in [-0.15, -0.1) is 0 Å².